The lowest BCUT2D eigenvalue weighted by molar-refractivity contribution is 0.296. The van der Waals surface area contributed by atoms with Crippen molar-refractivity contribution >= 4 is 11.8 Å². The molecule has 0 aromatic carbocycles. The van der Waals surface area contributed by atoms with E-state index >= 15 is 0 Å². The highest BCUT2D eigenvalue weighted by Gasteiger charge is 2.21. The third-order valence-electron chi connectivity index (χ3n) is 2.39. The van der Waals surface area contributed by atoms with Crippen molar-refractivity contribution < 1.29 is 5.11 Å². The topological polar surface area (TPSA) is 46.2 Å². The summed E-state index contributed by atoms with van der Waals surface area (Å²) in [6.07, 6.45) is 6.02. The summed E-state index contributed by atoms with van der Waals surface area (Å²) in [7, 11) is 0. The predicted molar refractivity (Wildman–Crippen MR) is 54.4 cm³/mol. The molecule has 0 spiro atoms. The second-order valence-electron chi connectivity index (χ2n) is 3.43. The highest BCUT2D eigenvalue weighted by atomic mass is 32.2. The van der Waals surface area contributed by atoms with Crippen molar-refractivity contribution in [2.24, 2.45) is 5.73 Å². The molecule has 1 aliphatic carbocycles. The SMILES string of the molecule is NC1CCCCC1SCCCO. The van der Waals surface area contributed by atoms with E-state index in [0.717, 1.165) is 12.2 Å². The molecule has 0 saturated heterocycles. The summed E-state index contributed by atoms with van der Waals surface area (Å²) in [4.78, 5) is 0. The number of thioether (sulfide) groups is 1. The van der Waals surface area contributed by atoms with Crippen LogP contribution >= 0.6 is 11.8 Å². The van der Waals surface area contributed by atoms with Crippen molar-refractivity contribution in [3.8, 4) is 0 Å². The first kappa shape index (κ1) is 10.4. The Morgan fingerprint density at radius 3 is 2.75 bits per heavy atom. The molecule has 0 radical (unpaired) electrons. The Morgan fingerprint density at radius 2 is 2.08 bits per heavy atom. The number of aliphatic hydroxyl groups is 1. The van der Waals surface area contributed by atoms with E-state index in [-0.39, 0.29) is 0 Å². The fraction of sp³-hybridized carbons (Fsp3) is 1.00. The summed E-state index contributed by atoms with van der Waals surface area (Å²) < 4.78 is 0. The van der Waals surface area contributed by atoms with Gasteiger partial charge in [0, 0.05) is 17.9 Å². The smallest absolute Gasteiger partial charge is 0.0438 e. The maximum atomic E-state index is 8.62. The van der Waals surface area contributed by atoms with Crippen molar-refractivity contribution in [2.45, 2.75) is 43.4 Å². The molecule has 3 heteroatoms. The van der Waals surface area contributed by atoms with Gasteiger partial charge in [-0.15, -0.1) is 0 Å². The van der Waals surface area contributed by atoms with E-state index in [1.165, 1.54) is 25.7 Å². The van der Waals surface area contributed by atoms with Crippen molar-refractivity contribution in [3.05, 3.63) is 0 Å². The Balaban J connectivity index is 2.11. The van der Waals surface area contributed by atoms with Gasteiger partial charge in [0.15, 0.2) is 0 Å². The summed E-state index contributed by atoms with van der Waals surface area (Å²) in [5.41, 5.74) is 5.98. The van der Waals surface area contributed by atoms with Gasteiger partial charge >= 0.3 is 0 Å². The summed E-state index contributed by atoms with van der Waals surface area (Å²) in [5.74, 6) is 1.06. The van der Waals surface area contributed by atoms with E-state index in [2.05, 4.69) is 0 Å². The van der Waals surface area contributed by atoms with Crippen LogP contribution in [0, 0.1) is 0 Å². The first-order chi connectivity index (χ1) is 5.84. The Labute approximate surface area is 78.9 Å². The molecule has 72 valence electrons. The van der Waals surface area contributed by atoms with Crippen LogP contribution in [-0.2, 0) is 0 Å². The number of aliphatic hydroxyl groups excluding tert-OH is 1. The van der Waals surface area contributed by atoms with Crippen LogP contribution in [0.2, 0.25) is 0 Å². The molecule has 3 N–H and O–H groups in total. The highest BCUT2D eigenvalue weighted by molar-refractivity contribution is 7.99. The molecule has 0 aromatic rings. The van der Waals surface area contributed by atoms with Crippen LogP contribution in [0.25, 0.3) is 0 Å². The maximum Gasteiger partial charge on any atom is 0.0438 e. The summed E-state index contributed by atoms with van der Waals surface area (Å²) >= 11 is 1.95. The van der Waals surface area contributed by atoms with Crippen LogP contribution in [-0.4, -0.2) is 28.8 Å². The molecule has 1 fully saturated rings. The lowest BCUT2D eigenvalue weighted by atomic mass is 9.96. The van der Waals surface area contributed by atoms with Gasteiger partial charge in [-0.3, -0.25) is 0 Å². The van der Waals surface area contributed by atoms with Gasteiger partial charge in [0.25, 0.3) is 0 Å². The molecule has 0 amide bonds. The molecular weight excluding hydrogens is 170 g/mol. The Hall–Kier alpha value is 0.270. The fourth-order valence-electron chi connectivity index (χ4n) is 1.63. The van der Waals surface area contributed by atoms with Crippen LogP contribution in [0.4, 0.5) is 0 Å². The van der Waals surface area contributed by atoms with Crippen LogP contribution in [0.5, 0.6) is 0 Å². The average molecular weight is 189 g/mol. The summed E-state index contributed by atoms with van der Waals surface area (Å²) in [5, 5.41) is 9.27. The average Bonchev–Trinajstić information content (AvgIpc) is 2.09. The Morgan fingerprint density at radius 1 is 1.33 bits per heavy atom. The van der Waals surface area contributed by atoms with Gasteiger partial charge < -0.3 is 10.8 Å². The third-order valence-corrected chi connectivity index (χ3v) is 3.93. The van der Waals surface area contributed by atoms with Gasteiger partial charge in [0.1, 0.15) is 0 Å². The minimum Gasteiger partial charge on any atom is -0.396 e. The van der Waals surface area contributed by atoms with Gasteiger partial charge in [-0.05, 0) is 25.0 Å². The predicted octanol–water partition coefficient (Wildman–Crippen LogP) is 1.37. The Kier molecular flexibility index (Phi) is 5.04. The van der Waals surface area contributed by atoms with Crippen molar-refractivity contribution in [1.29, 1.82) is 0 Å². The van der Waals surface area contributed by atoms with Crippen molar-refractivity contribution in [1.82, 2.24) is 0 Å². The maximum absolute atomic E-state index is 8.62. The molecule has 12 heavy (non-hydrogen) atoms. The van der Waals surface area contributed by atoms with E-state index in [1.54, 1.807) is 0 Å². The third kappa shape index (κ3) is 3.33. The highest BCUT2D eigenvalue weighted by Crippen LogP contribution is 2.27. The number of rotatable bonds is 4. The lowest BCUT2D eigenvalue weighted by Crippen LogP contribution is -2.35. The van der Waals surface area contributed by atoms with Crippen LogP contribution in [0.15, 0.2) is 0 Å². The largest absolute Gasteiger partial charge is 0.396 e. The van der Waals surface area contributed by atoms with Gasteiger partial charge in [0.2, 0.25) is 0 Å². The zero-order chi connectivity index (χ0) is 8.81. The minimum absolute atomic E-state index is 0.314. The summed E-state index contributed by atoms with van der Waals surface area (Å²) in [6, 6.07) is 0.405. The fourth-order valence-corrected chi connectivity index (χ4v) is 2.95. The van der Waals surface area contributed by atoms with Gasteiger partial charge in [-0.2, -0.15) is 11.8 Å². The molecule has 0 aliphatic heterocycles. The lowest BCUT2D eigenvalue weighted by Gasteiger charge is -2.27. The van der Waals surface area contributed by atoms with Crippen LogP contribution < -0.4 is 5.73 Å². The quantitative estimate of drug-likeness (QED) is 0.657. The van der Waals surface area contributed by atoms with E-state index in [9.17, 15) is 0 Å². The molecule has 1 rings (SSSR count). The van der Waals surface area contributed by atoms with Crippen molar-refractivity contribution in [3.63, 3.8) is 0 Å². The molecular formula is C9H19NOS. The first-order valence-electron chi connectivity index (χ1n) is 4.82. The summed E-state index contributed by atoms with van der Waals surface area (Å²) in [6.45, 7) is 0.314. The molecule has 1 saturated carbocycles. The molecule has 2 atom stereocenters. The number of hydrogen-bond donors (Lipinski definition) is 2. The van der Waals surface area contributed by atoms with Crippen molar-refractivity contribution in [2.75, 3.05) is 12.4 Å². The molecule has 2 nitrogen and oxygen atoms in total. The van der Waals surface area contributed by atoms with E-state index < -0.39 is 0 Å². The van der Waals surface area contributed by atoms with Gasteiger partial charge in [-0.25, -0.2) is 0 Å². The second-order valence-corrected chi connectivity index (χ2v) is 4.78. The minimum atomic E-state index is 0.314. The van der Waals surface area contributed by atoms with Gasteiger partial charge in [0.05, 0.1) is 0 Å². The zero-order valence-electron chi connectivity index (χ0n) is 7.54. The molecule has 0 heterocycles. The van der Waals surface area contributed by atoms with Crippen LogP contribution in [0.1, 0.15) is 32.1 Å². The molecule has 0 bridgehead atoms. The standard InChI is InChI=1S/C9H19NOS/c10-8-4-1-2-5-9(8)12-7-3-6-11/h8-9,11H,1-7,10H2. The molecule has 2 unspecified atom stereocenters. The monoisotopic (exact) mass is 189 g/mol. The first-order valence-corrected chi connectivity index (χ1v) is 5.87. The molecule has 0 aromatic heterocycles. The molecule has 1 aliphatic rings. The normalized spacial score (nSPS) is 30.5. The van der Waals surface area contributed by atoms with E-state index in [0.29, 0.717) is 17.9 Å². The Bertz CT molecular complexity index is 121. The second kappa shape index (κ2) is 5.84. The van der Waals surface area contributed by atoms with E-state index in [4.69, 9.17) is 10.8 Å². The number of nitrogens with two attached hydrogens (primary N) is 1. The van der Waals surface area contributed by atoms with Gasteiger partial charge in [-0.1, -0.05) is 12.8 Å². The van der Waals surface area contributed by atoms with Crippen LogP contribution in [0.3, 0.4) is 0 Å². The number of hydrogen-bond acceptors (Lipinski definition) is 3. The van der Waals surface area contributed by atoms with E-state index in [1.807, 2.05) is 11.8 Å². The zero-order valence-corrected chi connectivity index (χ0v) is 8.35.